The van der Waals surface area contributed by atoms with Gasteiger partial charge in [0.1, 0.15) is 11.6 Å². The highest BCUT2D eigenvalue weighted by Crippen LogP contribution is 2.18. The molecule has 0 fully saturated rings. The van der Waals surface area contributed by atoms with Crippen LogP contribution in [0.1, 0.15) is 12.5 Å². The van der Waals surface area contributed by atoms with E-state index < -0.39 is 0 Å². The molecule has 0 unspecified atom stereocenters. The number of carbonyl (C=O) groups is 1. The minimum atomic E-state index is -0.270. The van der Waals surface area contributed by atoms with Crippen LogP contribution in [-0.4, -0.2) is 15.9 Å². The molecule has 0 aliphatic rings. The molecule has 132 valence electrons. The standard InChI is InChI=1S/C19H18FN5O/c1-13(26)23-15-6-8-16(9-7-15)24-18-10-11-21-19(25-18)22-12-14-4-2-3-5-17(14)20/h2-11H,12H2,1H3,(H,23,26)(H2,21,22,24,25). The van der Waals surface area contributed by atoms with Gasteiger partial charge in [-0.1, -0.05) is 18.2 Å². The number of hydrogen-bond acceptors (Lipinski definition) is 5. The van der Waals surface area contributed by atoms with E-state index in [0.29, 0.717) is 23.9 Å². The molecule has 7 heteroatoms. The van der Waals surface area contributed by atoms with Crippen molar-refractivity contribution in [2.75, 3.05) is 16.0 Å². The van der Waals surface area contributed by atoms with Crippen LogP contribution in [0, 0.1) is 5.82 Å². The Hall–Kier alpha value is -3.48. The number of carbonyl (C=O) groups excluding carboxylic acids is 1. The maximum atomic E-state index is 13.7. The molecule has 0 aliphatic carbocycles. The van der Waals surface area contributed by atoms with Gasteiger partial charge in [0.15, 0.2) is 0 Å². The van der Waals surface area contributed by atoms with Gasteiger partial charge in [0.25, 0.3) is 0 Å². The Labute approximate surface area is 150 Å². The van der Waals surface area contributed by atoms with E-state index in [2.05, 4.69) is 25.9 Å². The summed E-state index contributed by atoms with van der Waals surface area (Å²) in [4.78, 5) is 19.5. The van der Waals surface area contributed by atoms with E-state index in [1.165, 1.54) is 13.0 Å². The predicted octanol–water partition coefficient (Wildman–Crippen LogP) is 3.93. The second-order valence-corrected chi connectivity index (χ2v) is 5.59. The number of benzene rings is 2. The molecule has 3 N–H and O–H groups in total. The molecule has 26 heavy (non-hydrogen) atoms. The zero-order valence-corrected chi connectivity index (χ0v) is 14.2. The van der Waals surface area contributed by atoms with Crippen molar-refractivity contribution in [2.24, 2.45) is 0 Å². The van der Waals surface area contributed by atoms with Crippen molar-refractivity contribution in [1.82, 2.24) is 9.97 Å². The van der Waals surface area contributed by atoms with Crippen LogP contribution in [0.3, 0.4) is 0 Å². The Kier molecular flexibility index (Phi) is 5.38. The lowest BCUT2D eigenvalue weighted by molar-refractivity contribution is -0.114. The molecule has 1 aromatic heterocycles. The lowest BCUT2D eigenvalue weighted by Crippen LogP contribution is -2.06. The monoisotopic (exact) mass is 351 g/mol. The van der Waals surface area contributed by atoms with Crippen LogP contribution in [0.4, 0.5) is 27.5 Å². The Bertz CT molecular complexity index is 898. The average Bonchev–Trinajstić information content (AvgIpc) is 2.63. The Morgan fingerprint density at radius 1 is 1.04 bits per heavy atom. The van der Waals surface area contributed by atoms with Gasteiger partial charge >= 0.3 is 0 Å². The zero-order chi connectivity index (χ0) is 18.4. The number of nitrogens with one attached hydrogen (secondary N) is 3. The quantitative estimate of drug-likeness (QED) is 0.627. The summed E-state index contributed by atoms with van der Waals surface area (Å²) in [6.45, 7) is 1.75. The topological polar surface area (TPSA) is 78.9 Å². The van der Waals surface area contributed by atoms with E-state index in [-0.39, 0.29) is 11.7 Å². The van der Waals surface area contributed by atoms with Crippen molar-refractivity contribution in [1.29, 1.82) is 0 Å². The van der Waals surface area contributed by atoms with Crippen LogP contribution in [0.15, 0.2) is 60.8 Å². The highest BCUT2D eigenvalue weighted by atomic mass is 19.1. The molecule has 0 saturated heterocycles. The number of halogens is 1. The third-order valence-corrected chi connectivity index (χ3v) is 3.53. The van der Waals surface area contributed by atoms with Crippen molar-refractivity contribution < 1.29 is 9.18 Å². The van der Waals surface area contributed by atoms with Gasteiger partial charge in [-0.15, -0.1) is 0 Å². The van der Waals surface area contributed by atoms with Gasteiger partial charge in [-0.3, -0.25) is 4.79 Å². The average molecular weight is 351 g/mol. The van der Waals surface area contributed by atoms with Gasteiger partial charge in [0.05, 0.1) is 0 Å². The minimum absolute atomic E-state index is 0.118. The van der Waals surface area contributed by atoms with Crippen LogP contribution in [-0.2, 0) is 11.3 Å². The maximum Gasteiger partial charge on any atom is 0.224 e. The molecule has 0 radical (unpaired) electrons. The van der Waals surface area contributed by atoms with Crippen LogP contribution in [0.5, 0.6) is 0 Å². The first-order chi connectivity index (χ1) is 12.6. The van der Waals surface area contributed by atoms with Gasteiger partial charge in [-0.2, -0.15) is 4.98 Å². The minimum Gasteiger partial charge on any atom is -0.350 e. The molecule has 6 nitrogen and oxygen atoms in total. The fraction of sp³-hybridized carbons (Fsp3) is 0.105. The molecule has 1 amide bonds. The van der Waals surface area contributed by atoms with Crippen molar-refractivity contribution in [3.8, 4) is 0 Å². The van der Waals surface area contributed by atoms with Crippen molar-refractivity contribution in [3.05, 3.63) is 72.2 Å². The number of anilines is 4. The van der Waals surface area contributed by atoms with Crippen molar-refractivity contribution in [3.63, 3.8) is 0 Å². The van der Waals surface area contributed by atoms with E-state index in [9.17, 15) is 9.18 Å². The van der Waals surface area contributed by atoms with E-state index in [1.54, 1.807) is 42.6 Å². The SMILES string of the molecule is CC(=O)Nc1ccc(Nc2ccnc(NCc3ccccc3F)n2)cc1. The molecule has 3 rings (SSSR count). The Morgan fingerprint density at radius 3 is 2.50 bits per heavy atom. The number of amides is 1. The molecule has 1 heterocycles. The second kappa shape index (κ2) is 8.06. The molecule has 2 aromatic carbocycles. The van der Waals surface area contributed by atoms with Crippen LogP contribution in [0.2, 0.25) is 0 Å². The summed E-state index contributed by atoms with van der Waals surface area (Å²) in [6.07, 6.45) is 1.62. The third kappa shape index (κ3) is 4.76. The fourth-order valence-corrected chi connectivity index (χ4v) is 2.32. The van der Waals surface area contributed by atoms with Gasteiger partial charge in [-0.25, -0.2) is 9.37 Å². The predicted molar refractivity (Wildman–Crippen MR) is 99.8 cm³/mol. The summed E-state index contributed by atoms with van der Waals surface area (Å²) in [5, 5.41) is 8.87. The van der Waals surface area contributed by atoms with Crippen LogP contribution < -0.4 is 16.0 Å². The van der Waals surface area contributed by atoms with Gasteiger partial charge < -0.3 is 16.0 Å². The Balaban J connectivity index is 1.63. The number of rotatable bonds is 6. The largest absolute Gasteiger partial charge is 0.350 e. The highest BCUT2D eigenvalue weighted by molar-refractivity contribution is 5.88. The van der Waals surface area contributed by atoms with Crippen LogP contribution >= 0.6 is 0 Å². The molecule has 0 atom stereocenters. The molecule has 0 saturated carbocycles. The van der Waals surface area contributed by atoms with Crippen LogP contribution in [0.25, 0.3) is 0 Å². The molecule has 3 aromatic rings. The summed E-state index contributed by atoms with van der Waals surface area (Å²) >= 11 is 0. The molecule has 0 aliphatic heterocycles. The van der Waals surface area contributed by atoms with E-state index >= 15 is 0 Å². The van der Waals surface area contributed by atoms with Gasteiger partial charge in [0, 0.05) is 36.6 Å². The molecular formula is C19H18FN5O. The first-order valence-corrected chi connectivity index (χ1v) is 8.05. The van der Waals surface area contributed by atoms with Gasteiger partial charge in [0.2, 0.25) is 11.9 Å². The second-order valence-electron chi connectivity index (χ2n) is 5.59. The maximum absolute atomic E-state index is 13.7. The molecule has 0 bridgehead atoms. The summed E-state index contributed by atoms with van der Waals surface area (Å²) in [6, 6.07) is 15.5. The van der Waals surface area contributed by atoms with Crippen molar-refractivity contribution in [2.45, 2.75) is 13.5 Å². The first kappa shape index (κ1) is 17.3. The fourth-order valence-electron chi connectivity index (χ4n) is 2.32. The normalized spacial score (nSPS) is 10.2. The zero-order valence-electron chi connectivity index (χ0n) is 14.2. The van der Waals surface area contributed by atoms with E-state index in [4.69, 9.17) is 0 Å². The third-order valence-electron chi connectivity index (χ3n) is 3.53. The number of hydrogen-bond donors (Lipinski definition) is 3. The molecule has 0 spiro atoms. The van der Waals surface area contributed by atoms with E-state index in [1.807, 2.05) is 12.1 Å². The lowest BCUT2D eigenvalue weighted by Gasteiger charge is -2.09. The molecular weight excluding hydrogens is 333 g/mol. The first-order valence-electron chi connectivity index (χ1n) is 8.05. The summed E-state index contributed by atoms with van der Waals surface area (Å²) < 4.78 is 13.7. The summed E-state index contributed by atoms with van der Waals surface area (Å²) in [5.41, 5.74) is 2.08. The van der Waals surface area contributed by atoms with E-state index in [0.717, 1.165) is 11.4 Å². The number of aromatic nitrogens is 2. The van der Waals surface area contributed by atoms with Crippen molar-refractivity contribution >= 4 is 29.0 Å². The number of nitrogens with zero attached hydrogens (tertiary/aromatic N) is 2. The smallest absolute Gasteiger partial charge is 0.224 e. The van der Waals surface area contributed by atoms with Gasteiger partial charge in [-0.05, 0) is 36.4 Å². The highest BCUT2D eigenvalue weighted by Gasteiger charge is 2.04. The summed E-state index contributed by atoms with van der Waals surface area (Å²) in [7, 11) is 0. The Morgan fingerprint density at radius 2 is 1.77 bits per heavy atom. The lowest BCUT2D eigenvalue weighted by atomic mass is 10.2. The summed E-state index contributed by atoms with van der Waals surface area (Å²) in [5.74, 6) is 0.608.